The molecule has 2 aliphatic rings. The highest BCUT2D eigenvalue weighted by Gasteiger charge is 2.32. The molecule has 0 saturated carbocycles. The van der Waals surface area contributed by atoms with E-state index in [1.807, 2.05) is 42.4 Å². The summed E-state index contributed by atoms with van der Waals surface area (Å²) in [6, 6.07) is 11.3. The maximum Gasteiger partial charge on any atom is 0.256 e. The molecule has 8 nitrogen and oxygen atoms in total. The first-order chi connectivity index (χ1) is 17.0. The number of benzene rings is 2. The Morgan fingerprint density at radius 2 is 2.00 bits per heavy atom. The van der Waals surface area contributed by atoms with Crippen molar-refractivity contribution in [3.05, 3.63) is 47.5 Å². The van der Waals surface area contributed by atoms with Crippen LogP contribution < -0.4 is 14.2 Å². The van der Waals surface area contributed by atoms with Gasteiger partial charge in [-0.2, -0.15) is 0 Å². The highest BCUT2D eigenvalue weighted by molar-refractivity contribution is 6.03. The Kier molecular flexibility index (Phi) is 7.90. The first-order valence-electron chi connectivity index (χ1n) is 12.1. The van der Waals surface area contributed by atoms with Crippen LogP contribution in [0.2, 0.25) is 0 Å². The SMILES string of the molecule is COc1cccc(CN(C)C(=O)CCCCOc2cc3c(cc2OC)C(=O)N2CCC[C@H]2C=N3)c1. The number of ether oxygens (including phenoxy) is 3. The molecule has 4 rings (SSSR count). The fourth-order valence-electron chi connectivity index (χ4n) is 4.50. The van der Waals surface area contributed by atoms with Crippen LogP contribution in [0.25, 0.3) is 0 Å². The molecule has 0 radical (unpaired) electrons. The molecule has 2 heterocycles. The molecule has 0 bridgehead atoms. The second-order valence-corrected chi connectivity index (χ2v) is 8.91. The molecule has 8 heteroatoms. The van der Waals surface area contributed by atoms with Crippen LogP contribution in [0.5, 0.6) is 17.2 Å². The van der Waals surface area contributed by atoms with Gasteiger partial charge in [-0.05, 0) is 49.4 Å². The molecule has 1 atom stereocenters. The van der Waals surface area contributed by atoms with Gasteiger partial charge in [0.05, 0.1) is 38.1 Å². The molecule has 0 spiro atoms. The molecule has 35 heavy (non-hydrogen) atoms. The first kappa shape index (κ1) is 24.6. The summed E-state index contributed by atoms with van der Waals surface area (Å²) >= 11 is 0. The summed E-state index contributed by atoms with van der Waals surface area (Å²) in [4.78, 5) is 33.7. The van der Waals surface area contributed by atoms with Crippen LogP contribution >= 0.6 is 0 Å². The summed E-state index contributed by atoms with van der Waals surface area (Å²) in [5.41, 5.74) is 2.18. The second-order valence-electron chi connectivity index (χ2n) is 8.91. The van der Waals surface area contributed by atoms with Gasteiger partial charge in [-0.3, -0.25) is 14.6 Å². The Balaban J connectivity index is 1.28. The molecule has 2 aliphatic heterocycles. The zero-order valence-electron chi connectivity index (χ0n) is 20.7. The lowest BCUT2D eigenvalue weighted by atomic mass is 10.1. The summed E-state index contributed by atoms with van der Waals surface area (Å²) in [5, 5.41) is 0. The van der Waals surface area contributed by atoms with Crippen molar-refractivity contribution in [1.29, 1.82) is 0 Å². The maximum absolute atomic E-state index is 13.0. The summed E-state index contributed by atoms with van der Waals surface area (Å²) in [5.74, 6) is 1.92. The van der Waals surface area contributed by atoms with Gasteiger partial charge in [0.15, 0.2) is 11.5 Å². The molecule has 186 valence electrons. The Hall–Kier alpha value is -3.55. The van der Waals surface area contributed by atoms with Crippen LogP contribution in [0, 0.1) is 0 Å². The summed E-state index contributed by atoms with van der Waals surface area (Å²) < 4.78 is 16.7. The topological polar surface area (TPSA) is 80.7 Å². The maximum atomic E-state index is 13.0. The highest BCUT2D eigenvalue weighted by Crippen LogP contribution is 2.38. The average Bonchev–Trinajstić information content (AvgIpc) is 3.30. The number of rotatable bonds is 10. The number of carbonyl (C=O) groups excluding carboxylic acids is 2. The molecule has 2 amide bonds. The predicted octanol–water partition coefficient (Wildman–Crippen LogP) is 4.23. The smallest absolute Gasteiger partial charge is 0.256 e. The van der Waals surface area contributed by atoms with Crippen LogP contribution in [0.3, 0.4) is 0 Å². The average molecular weight is 480 g/mol. The molecular formula is C27H33N3O5. The first-order valence-corrected chi connectivity index (χ1v) is 12.1. The van der Waals surface area contributed by atoms with E-state index in [2.05, 4.69) is 4.99 Å². The Labute approximate surface area is 206 Å². The lowest BCUT2D eigenvalue weighted by Gasteiger charge is -2.20. The number of unbranched alkanes of at least 4 members (excludes halogenated alkanes) is 1. The van der Waals surface area contributed by atoms with Crippen molar-refractivity contribution in [2.24, 2.45) is 4.99 Å². The molecule has 0 unspecified atom stereocenters. The van der Waals surface area contributed by atoms with Crippen molar-refractivity contribution < 1.29 is 23.8 Å². The van der Waals surface area contributed by atoms with Crippen LogP contribution in [-0.4, -0.2) is 68.3 Å². The van der Waals surface area contributed by atoms with Gasteiger partial charge >= 0.3 is 0 Å². The number of carbonyl (C=O) groups is 2. The number of fused-ring (bicyclic) bond motifs is 2. The van der Waals surface area contributed by atoms with Crippen molar-refractivity contribution in [1.82, 2.24) is 9.80 Å². The molecular weight excluding hydrogens is 446 g/mol. The third-order valence-electron chi connectivity index (χ3n) is 6.48. The molecule has 0 N–H and O–H groups in total. The van der Waals surface area contributed by atoms with Gasteiger partial charge in [0.25, 0.3) is 5.91 Å². The van der Waals surface area contributed by atoms with Gasteiger partial charge in [0, 0.05) is 38.8 Å². The summed E-state index contributed by atoms with van der Waals surface area (Å²) in [6.07, 6.45) is 5.67. The van der Waals surface area contributed by atoms with Gasteiger partial charge in [-0.1, -0.05) is 12.1 Å². The number of methoxy groups -OCH3 is 2. The minimum Gasteiger partial charge on any atom is -0.497 e. The van der Waals surface area contributed by atoms with Crippen molar-refractivity contribution in [3.8, 4) is 17.2 Å². The van der Waals surface area contributed by atoms with Gasteiger partial charge in [-0.15, -0.1) is 0 Å². The van der Waals surface area contributed by atoms with E-state index in [1.165, 1.54) is 0 Å². The van der Waals surface area contributed by atoms with Crippen LogP contribution in [0.15, 0.2) is 41.4 Å². The number of hydrogen-bond acceptors (Lipinski definition) is 6. The normalized spacial score (nSPS) is 16.4. The molecule has 2 aromatic rings. The largest absolute Gasteiger partial charge is 0.497 e. The fourth-order valence-corrected chi connectivity index (χ4v) is 4.50. The minimum absolute atomic E-state index is 0.0126. The lowest BCUT2D eigenvalue weighted by molar-refractivity contribution is -0.130. The molecule has 0 aromatic heterocycles. The zero-order valence-corrected chi connectivity index (χ0v) is 20.7. The van der Waals surface area contributed by atoms with E-state index in [0.29, 0.717) is 48.7 Å². The van der Waals surface area contributed by atoms with Crippen molar-refractivity contribution in [2.45, 2.75) is 44.7 Å². The Bertz CT molecular complexity index is 1100. The fraction of sp³-hybridized carbons (Fsp3) is 0.444. The second kappa shape index (κ2) is 11.3. The molecule has 1 fully saturated rings. The van der Waals surface area contributed by atoms with Crippen molar-refractivity contribution in [2.75, 3.05) is 34.4 Å². The molecule has 0 aliphatic carbocycles. The predicted molar refractivity (Wildman–Crippen MR) is 134 cm³/mol. The quantitative estimate of drug-likeness (QED) is 0.477. The van der Waals surface area contributed by atoms with E-state index < -0.39 is 0 Å². The third-order valence-corrected chi connectivity index (χ3v) is 6.48. The number of amides is 2. The number of hydrogen-bond donors (Lipinski definition) is 0. The van der Waals surface area contributed by atoms with E-state index in [0.717, 1.165) is 37.1 Å². The highest BCUT2D eigenvalue weighted by atomic mass is 16.5. The third kappa shape index (κ3) is 5.75. The van der Waals surface area contributed by atoms with Crippen LogP contribution in [0.1, 0.15) is 48.0 Å². The van der Waals surface area contributed by atoms with Gasteiger partial charge in [0.1, 0.15) is 5.75 Å². The van der Waals surface area contributed by atoms with E-state index in [9.17, 15) is 9.59 Å². The van der Waals surface area contributed by atoms with Gasteiger partial charge in [0.2, 0.25) is 5.91 Å². The molecule has 2 aromatic carbocycles. The van der Waals surface area contributed by atoms with Gasteiger partial charge in [-0.25, -0.2) is 0 Å². The Morgan fingerprint density at radius 3 is 2.80 bits per heavy atom. The van der Waals surface area contributed by atoms with E-state index in [-0.39, 0.29) is 17.9 Å². The van der Waals surface area contributed by atoms with E-state index >= 15 is 0 Å². The van der Waals surface area contributed by atoms with Crippen molar-refractivity contribution in [3.63, 3.8) is 0 Å². The van der Waals surface area contributed by atoms with Crippen LogP contribution in [-0.2, 0) is 11.3 Å². The minimum atomic E-state index is -0.0126. The number of aliphatic imine (C=N–C) groups is 1. The van der Waals surface area contributed by atoms with Crippen molar-refractivity contribution >= 4 is 23.7 Å². The zero-order chi connectivity index (χ0) is 24.8. The van der Waals surface area contributed by atoms with E-state index in [4.69, 9.17) is 14.2 Å². The lowest BCUT2D eigenvalue weighted by Crippen LogP contribution is -2.35. The Morgan fingerprint density at radius 1 is 1.14 bits per heavy atom. The standard InChI is InChI=1S/C27H33N3O5/c1-29(18-19-8-6-10-21(14-19)33-2)26(31)11-4-5-13-35-25-16-23-22(15-24(25)34-3)27(32)30-12-7-9-20(30)17-28-23/h6,8,10,14-17,20H,4-5,7,9,11-13,18H2,1-3H3/t20-/m0/s1. The number of nitrogens with zero attached hydrogens (tertiary/aromatic N) is 3. The summed E-state index contributed by atoms with van der Waals surface area (Å²) in [7, 11) is 5.01. The van der Waals surface area contributed by atoms with E-state index in [1.54, 1.807) is 31.3 Å². The van der Waals surface area contributed by atoms with Gasteiger partial charge < -0.3 is 24.0 Å². The molecule has 1 saturated heterocycles. The monoisotopic (exact) mass is 479 g/mol. The summed E-state index contributed by atoms with van der Waals surface area (Å²) in [6.45, 7) is 1.73. The van der Waals surface area contributed by atoms with Crippen LogP contribution in [0.4, 0.5) is 5.69 Å².